The molecule has 2 N–H and O–H groups in total. The average molecular weight is 441 g/mol. The number of hydrogen-bond donors (Lipinski definition) is 2. The van der Waals surface area contributed by atoms with Crippen LogP contribution in [-0.2, 0) is 20.9 Å². The molecule has 1 aromatic heterocycles. The van der Waals surface area contributed by atoms with Crippen LogP contribution in [0.5, 0.6) is 0 Å². The summed E-state index contributed by atoms with van der Waals surface area (Å²) in [6.45, 7) is 5.49. The smallest absolute Gasteiger partial charge is 0.278 e. The monoisotopic (exact) mass is 440 g/mol. The fraction of sp³-hybridized carbons (Fsp3) is 0.154. The maximum Gasteiger partial charge on any atom is 0.278 e. The summed E-state index contributed by atoms with van der Waals surface area (Å²) in [7, 11) is 0. The zero-order valence-corrected chi connectivity index (χ0v) is 18.7. The Morgan fingerprint density at radius 2 is 1.64 bits per heavy atom. The van der Waals surface area contributed by atoms with Gasteiger partial charge in [-0.05, 0) is 66.4 Å². The summed E-state index contributed by atoms with van der Waals surface area (Å²) >= 11 is 0. The molecule has 0 bridgehead atoms. The zero-order chi connectivity index (χ0) is 23.5. The Bertz CT molecular complexity index is 1260. The van der Waals surface area contributed by atoms with Gasteiger partial charge in [0.05, 0.1) is 12.1 Å². The van der Waals surface area contributed by atoms with Gasteiger partial charge >= 0.3 is 0 Å². The van der Waals surface area contributed by atoms with Crippen LogP contribution < -0.4 is 10.6 Å². The molecule has 1 aliphatic rings. The fourth-order valence-corrected chi connectivity index (χ4v) is 3.70. The van der Waals surface area contributed by atoms with Crippen molar-refractivity contribution in [2.45, 2.75) is 27.3 Å². The Kier molecular flexibility index (Phi) is 6.04. The van der Waals surface area contributed by atoms with Gasteiger partial charge in [-0.15, -0.1) is 0 Å². The molecule has 0 saturated heterocycles. The van der Waals surface area contributed by atoms with E-state index in [2.05, 4.69) is 15.6 Å². The Balaban J connectivity index is 1.75. The first-order chi connectivity index (χ1) is 15.8. The number of imide groups is 1. The van der Waals surface area contributed by atoms with Crippen molar-refractivity contribution in [1.82, 2.24) is 9.88 Å². The number of amides is 3. The summed E-state index contributed by atoms with van der Waals surface area (Å²) in [6.07, 6.45) is 3.26. The Labute approximate surface area is 192 Å². The van der Waals surface area contributed by atoms with Crippen LogP contribution in [0.25, 0.3) is 5.57 Å². The molecule has 33 heavy (non-hydrogen) atoms. The molecule has 0 saturated carbocycles. The van der Waals surface area contributed by atoms with Crippen molar-refractivity contribution in [2.24, 2.45) is 0 Å². The quantitative estimate of drug-likeness (QED) is 0.565. The molecule has 2 aromatic carbocycles. The first kappa shape index (κ1) is 22.0. The third-order valence-corrected chi connectivity index (χ3v) is 5.40. The molecular formula is C26H24N4O3. The predicted octanol–water partition coefficient (Wildman–Crippen LogP) is 4.05. The van der Waals surface area contributed by atoms with Crippen molar-refractivity contribution in [3.63, 3.8) is 0 Å². The lowest BCUT2D eigenvalue weighted by molar-refractivity contribution is -0.137. The van der Waals surface area contributed by atoms with Gasteiger partial charge in [0.2, 0.25) is 5.91 Å². The summed E-state index contributed by atoms with van der Waals surface area (Å²) in [6, 6.07) is 16.3. The summed E-state index contributed by atoms with van der Waals surface area (Å²) in [5.41, 5.74) is 5.30. The summed E-state index contributed by atoms with van der Waals surface area (Å²) in [4.78, 5) is 43.5. The van der Waals surface area contributed by atoms with E-state index in [0.717, 1.165) is 22.4 Å². The van der Waals surface area contributed by atoms with Gasteiger partial charge in [0, 0.05) is 30.7 Å². The molecule has 0 unspecified atom stereocenters. The number of hydrogen-bond acceptors (Lipinski definition) is 5. The Morgan fingerprint density at radius 3 is 2.30 bits per heavy atom. The molecule has 7 nitrogen and oxygen atoms in total. The van der Waals surface area contributed by atoms with E-state index in [-0.39, 0.29) is 24.1 Å². The van der Waals surface area contributed by atoms with Gasteiger partial charge in [-0.3, -0.25) is 24.3 Å². The van der Waals surface area contributed by atoms with E-state index in [0.29, 0.717) is 16.8 Å². The highest BCUT2D eigenvalue weighted by atomic mass is 16.2. The second-order valence-corrected chi connectivity index (χ2v) is 8.00. The Morgan fingerprint density at radius 1 is 0.939 bits per heavy atom. The number of nitrogens with zero attached hydrogens (tertiary/aromatic N) is 2. The number of carbonyl (C=O) groups is 3. The zero-order valence-electron chi connectivity index (χ0n) is 18.7. The second kappa shape index (κ2) is 9.08. The second-order valence-electron chi connectivity index (χ2n) is 8.00. The minimum atomic E-state index is -0.390. The molecule has 7 heteroatoms. The lowest BCUT2D eigenvalue weighted by atomic mass is 10.0. The van der Waals surface area contributed by atoms with Crippen molar-refractivity contribution in [1.29, 1.82) is 0 Å². The molecular weight excluding hydrogens is 416 g/mol. The lowest BCUT2D eigenvalue weighted by Crippen LogP contribution is -2.32. The van der Waals surface area contributed by atoms with Crippen molar-refractivity contribution in [3.05, 3.63) is 94.9 Å². The van der Waals surface area contributed by atoms with Crippen molar-refractivity contribution in [3.8, 4) is 0 Å². The van der Waals surface area contributed by atoms with Crippen molar-refractivity contribution >= 4 is 34.7 Å². The van der Waals surface area contributed by atoms with Crippen LogP contribution >= 0.6 is 0 Å². The van der Waals surface area contributed by atoms with Gasteiger partial charge in [-0.1, -0.05) is 24.3 Å². The number of benzene rings is 2. The number of nitrogens with one attached hydrogen (secondary N) is 2. The van der Waals surface area contributed by atoms with Gasteiger partial charge in [0.15, 0.2) is 0 Å². The minimum absolute atomic E-state index is 0.144. The highest BCUT2D eigenvalue weighted by Crippen LogP contribution is 2.33. The predicted molar refractivity (Wildman–Crippen MR) is 127 cm³/mol. The van der Waals surface area contributed by atoms with Crippen LogP contribution in [0.3, 0.4) is 0 Å². The molecule has 3 amide bonds. The largest absolute Gasteiger partial charge is 0.350 e. The van der Waals surface area contributed by atoms with Crippen LogP contribution in [0.1, 0.15) is 29.2 Å². The van der Waals surface area contributed by atoms with E-state index < -0.39 is 5.91 Å². The number of anilines is 2. The van der Waals surface area contributed by atoms with E-state index in [9.17, 15) is 14.4 Å². The topological polar surface area (TPSA) is 91.4 Å². The molecule has 0 spiro atoms. The van der Waals surface area contributed by atoms with Gasteiger partial charge in [-0.2, -0.15) is 0 Å². The summed E-state index contributed by atoms with van der Waals surface area (Å²) < 4.78 is 0. The normalized spacial score (nSPS) is 13.5. The van der Waals surface area contributed by atoms with Crippen LogP contribution in [0.15, 0.2) is 72.7 Å². The van der Waals surface area contributed by atoms with E-state index in [1.807, 2.05) is 32.0 Å². The molecule has 0 aliphatic carbocycles. The number of pyridine rings is 1. The third kappa shape index (κ3) is 4.67. The van der Waals surface area contributed by atoms with E-state index in [1.54, 1.807) is 48.8 Å². The van der Waals surface area contributed by atoms with Gasteiger partial charge in [-0.25, -0.2) is 0 Å². The average Bonchev–Trinajstić information content (AvgIpc) is 3.01. The van der Waals surface area contributed by atoms with Gasteiger partial charge in [0.25, 0.3) is 11.8 Å². The molecule has 0 fully saturated rings. The standard InChI is InChI=1S/C26H24N4O3/c1-16-4-5-17(2)22(14-16)29-24-23(20-6-8-21(9-7-20)28-18(3)31)25(32)30(26(24)33)15-19-10-12-27-13-11-19/h4-14,29H,15H2,1-3H3,(H,28,31). The summed E-state index contributed by atoms with van der Waals surface area (Å²) in [5.74, 6) is -0.953. The summed E-state index contributed by atoms with van der Waals surface area (Å²) in [5, 5.41) is 5.94. The number of aromatic nitrogens is 1. The van der Waals surface area contributed by atoms with E-state index in [4.69, 9.17) is 0 Å². The highest BCUT2D eigenvalue weighted by molar-refractivity contribution is 6.36. The molecule has 3 aromatic rings. The SMILES string of the molecule is CC(=O)Nc1ccc(C2=C(Nc3cc(C)ccc3C)C(=O)N(Cc3ccncc3)C2=O)cc1. The molecule has 166 valence electrons. The maximum atomic E-state index is 13.5. The highest BCUT2D eigenvalue weighted by Gasteiger charge is 2.39. The number of rotatable bonds is 6. The number of carbonyl (C=O) groups excluding carboxylic acids is 3. The molecule has 2 heterocycles. The molecule has 0 radical (unpaired) electrons. The van der Waals surface area contributed by atoms with Crippen LogP contribution in [0.4, 0.5) is 11.4 Å². The minimum Gasteiger partial charge on any atom is -0.350 e. The van der Waals surface area contributed by atoms with Crippen LogP contribution in [0, 0.1) is 13.8 Å². The molecule has 1 aliphatic heterocycles. The lowest BCUT2D eigenvalue weighted by Gasteiger charge is -2.16. The van der Waals surface area contributed by atoms with Crippen molar-refractivity contribution < 1.29 is 14.4 Å². The van der Waals surface area contributed by atoms with Gasteiger partial charge < -0.3 is 10.6 Å². The van der Waals surface area contributed by atoms with Gasteiger partial charge in [0.1, 0.15) is 5.70 Å². The molecule has 4 rings (SSSR count). The third-order valence-electron chi connectivity index (χ3n) is 5.40. The van der Waals surface area contributed by atoms with Crippen LogP contribution in [-0.4, -0.2) is 27.6 Å². The Hall–Kier alpha value is -4.26. The van der Waals surface area contributed by atoms with E-state index in [1.165, 1.54) is 11.8 Å². The maximum absolute atomic E-state index is 13.5. The number of aryl methyl sites for hydroxylation is 2. The molecule has 0 atom stereocenters. The van der Waals surface area contributed by atoms with E-state index >= 15 is 0 Å². The first-order valence-electron chi connectivity index (χ1n) is 10.5. The fourth-order valence-electron chi connectivity index (χ4n) is 3.70. The van der Waals surface area contributed by atoms with Crippen molar-refractivity contribution in [2.75, 3.05) is 10.6 Å². The first-order valence-corrected chi connectivity index (χ1v) is 10.5. The van der Waals surface area contributed by atoms with Crippen LogP contribution in [0.2, 0.25) is 0 Å².